The number of aliphatic carboxylic acids is 1. The van der Waals surface area contributed by atoms with Gasteiger partial charge in [-0.15, -0.1) is 0 Å². The smallest absolute Gasteiger partial charge is 0.309 e. The third-order valence-corrected chi connectivity index (χ3v) is 3.60. The van der Waals surface area contributed by atoms with Gasteiger partial charge in [-0.05, 0) is 39.3 Å². The summed E-state index contributed by atoms with van der Waals surface area (Å²) in [7, 11) is 0. The second kappa shape index (κ2) is 6.68. The fourth-order valence-electron chi connectivity index (χ4n) is 1.93. The number of furan rings is 1. The Balaban J connectivity index is 1.90. The highest BCUT2D eigenvalue weighted by Gasteiger charge is 2.26. The average Bonchev–Trinajstić information content (AvgIpc) is 3.09. The van der Waals surface area contributed by atoms with Gasteiger partial charge in [0, 0.05) is 6.54 Å². The number of carboxylic acid groups (broad SMARTS) is 1. The van der Waals surface area contributed by atoms with Crippen molar-refractivity contribution in [2.75, 3.05) is 6.54 Å². The normalized spacial score (nSPS) is 11.4. The summed E-state index contributed by atoms with van der Waals surface area (Å²) in [6.45, 7) is 5.27. The number of hydrogen-bond acceptors (Lipinski definition) is 5. The van der Waals surface area contributed by atoms with E-state index in [1.807, 2.05) is 0 Å². The Kier molecular flexibility index (Phi) is 4.88. The van der Waals surface area contributed by atoms with Gasteiger partial charge in [0.25, 0.3) is 5.89 Å². The van der Waals surface area contributed by atoms with Crippen molar-refractivity contribution in [1.82, 2.24) is 10.3 Å². The summed E-state index contributed by atoms with van der Waals surface area (Å²) in [5.41, 5.74) is -0.338. The van der Waals surface area contributed by atoms with Gasteiger partial charge in [-0.25, -0.2) is 4.98 Å². The van der Waals surface area contributed by atoms with Gasteiger partial charge in [0.2, 0.25) is 5.91 Å². The number of nitrogens with zero attached hydrogens (tertiary/aromatic N) is 1. The minimum atomic E-state index is -0.887. The second-order valence-corrected chi connectivity index (χ2v) is 5.96. The van der Waals surface area contributed by atoms with E-state index in [2.05, 4.69) is 10.3 Å². The number of nitrogens with one attached hydrogen (secondary N) is 1. The number of carbonyl (C=O) groups is 2. The first-order valence-corrected chi connectivity index (χ1v) is 7.30. The maximum atomic E-state index is 12.0. The number of carboxylic acids is 1. The molecule has 7 nitrogen and oxygen atoms in total. The molecule has 1 amide bonds. The van der Waals surface area contributed by atoms with Crippen LogP contribution in [-0.4, -0.2) is 28.5 Å². The van der Waals surface area contributed by atoms with Crippen LogP contribution in [0, 0.1) is 12.3 Å². The Labute approximate surface area is 133 Å². The molecule has 0 spiro atoms. The molecule has 2 N–H and O–H groups in total. The minimum Gasteiger partial charge on any atom is -0.481 e. The van der Waals surface area contributed by atoms with Crippen LogP contribution in [0.1, 0.15) is 31.7 Å². The number of carbonyl (C=O) groups excluding carboxylic acids is 1. The third kappa shape index (κ3) is 4.21. The highest BCUT2D eigenvalue weighted by Crippen LogP contribution is 2.22. The predicted octanol–water partition coefficient (Wildman–Crippen LogP) is 2.40. The van der Waals surface area contributed by atoms with Crippen LogP contribution in [0.15, 0.2) is 27.2 Å². The Morgan fingerprint density at radius 2 is 2.13 bits per heavy atom. The van der Waals surface area contributed by atoms with Crippen molar-refractivity contribution in [3.63, 3.8) is 0 Å². The van der Waals surface area contributed by atoms with E-state index in [1.165, 1.54) is 6.26 Å². The largest absolute Gasteiger partial charge is 0.481 e. The Hall–Kier alpha value is -2.57. The number of aromatic nitrogens is 1. The molecule has 0 aliphatic rings. The maximum Gasteiger partial charge on any atom is 0.309 e. The quantitative estimate of drug-likeness (QED) is 0.811. The molecule has 23 heavy (non-hydrogen) atoms. The lowest BCUT2D eigenvalue weighted by molar-refractivity contribution is -0.147. The van der Waals surface area contributed by atoms with Crippen LogP contribution < -0.4 is 5.32 Å². The van der Waals surface area contributed by atoms with Crippen LogP contribution >= 0.6 is 0 Å². The minimum absolute atomic E-state index is 0.0730. The first-order valence-electron chi connectivity index (χ1n) is 7.30. The molecular formula is C16H20N2O5. The Bertz CT molecular complexity index is 685. The average molecular weight is 320 g/mol. The van der Waals surface area contributed by atoms with Gasteiger partial charge < -0.3 is 19.3 Å². The van der Waals surface area contributed by atoms with Crippen LogP contribution in [0.5, 0.6) is 0 Å². The summed E-state index contributed by atoms with van der Waals surface area (Å²) in [4.78, 5) is 27.2. The molecule has 2 heterocycles. The van der Waals surface area contributed by atoms with E-state index < -0.39 is 11.4 Å². The highest BCUT2D eigenvalue weighted by atomic mass is 16.4. The molecule has 0 atom stereocenters. The topological polar surface area (TPSA) is 106 Å². The number of rotatable bonds is 7. The fourth-order valence-corrected chi connectivity index (χ4v) is 1.93. The van der Waals surface area contributed by atoms with Gasteiger partial charge >= 0.3 is 5.97 Å². The lowest BCUT2D eigenvalue weighted by Crippen LogP contribution is -2.32. The Morgan fingerprint density at radius 3 is 2.74 bits per heavy atom. The van der Waals surface area contributed by atoms with E-state index in [1.54, 1.807) is 32.9 Å². The number of oxazole rings is 1. The second-order valence-electron chi connectivity index (χ2n) is 5.96. The zero-order valence-electron chi connectivity index (χ0n) is 13.4. The third-order valence-electron chi connectivity index (χ3n) is 3.60. The van der Waals surface area contributed by atoms with E-state index in [4.69, 9.17) is 13.9 Å². The molecule has 7 heteroatoms. The monoisotopic (exact) mass is 320 g/mol. The van der Waals surface area contributed by atoms with E-state index in [0.29, 0.717) is 36.1 Å². The zero-order valence-corrected chi connectivity index (χ0v) is 13.4. The van der Waals surface area contributed by atoms with Crippen molar-refractivity contribution in [1.29, 1.82) is 0 Å². The molecule has 0 aliphatic carbocycles. The van der Waals surface area contributed by atoms with Gasteiger partial charge in [0.15, 0.2) is 5.76 Å². The van der Waals surface area contributed by atoms with Crippen molar-refractivity contribution in [2.24, 2.45) is 5.41 Å². The van der Waals surface area contributed by atoms with E-state index >= 15 is 0 Å². The van der Waals surface area contributed by atoms with E-state index in [-0.39, 0.29) is 12.3 Å². The molecule has 2 aromatic heterocycles. The summed E-state index contributed by atoms with van der Waals surface area (Å²) < 4.78 is 10.7. The molecule has 0 aromatic carbocycles. The van der Waals surface area contributed by atoms with E-state index in [9.17, 15) is 9.59 Å². The molecule has 0 saturated carbocycles. The van der Waals surface area contributed by atoms with Crippen LogP contribution in [0.25, 0.3) is 11.7 Å². The molecule has 124 valence electrons. The Morgan fingerprint density at radius 1 is 1.39 bits per heavy atom. The van der Waals surface area contributed by atoms with Crippen molar-refractivity contribution in [3.05, 3.63) is 29.9 Å². The van der Waals surface area contributed by atoms with Gasteiger partial charge in [0.1, 0.15) is 5.76 Å². The molecule has 0 radical (unpaired) electrons. The van der Waals surface area contributed by atoms with Gasteiger partial charge in [-0.2, -0.15) is 0 Å². The maximum absolute atomic E-state index is 12.0. The first-order chi connectivity index (χ1) is 10.8. The molecular weight excluding hydrogens is 300 g/mol. The molecule has 0 aliphatic heterocycles. The van der Waals surface area contributed by atoms with Gasteiger partial charge in [0.05, 0.1) is 23.8 Å². The van der Waals surface area contributed by atoms with Crippen molar-refractivity contribution in [3.8, 4) is 11.7 Å². The van der Waals surface area contributed by atoms with Crippen molar-refractivity contribution < 1.29 is 23.5 Å². The summed E-state index contributed by atoms with van der Waals surface area (Å²) in [5, 5.41) is 11.7. The summed E-state index contributed by atoms with van der Waals surface area (Å²) in [6.07, 6.45) is 1.94. The van der Waals surface area contributed by atoms with Crippen molar-refractivity contribution in [2.45, 2.75) is 33.6 Å². The first kappa shape index (κ1) is 16.8. The standard InChI is InChI=1S/C16H20N2O5/c1-10-11(18-14(23-10)12-5-4-8-22-12)9-13(19)17-7-6-16(2,3)15(20)21/h4-5,8H,6-7,9H2,1-3H3,(H,17,19)(H,20,21). The molecule has 0 bridgehead atoms. The molecule has 0 unspecified atom stereocenters. The van der Waals surface area contributed by atoms with Crippen LogP contribution in [-0.2, 0) is 16.0 Å². The summed E-state index contributed by atoms with van der Waals surface area (Å²) in [5.74, 6) is 0.276. The highest BCUT2D eigenvalue weighted by molar-refractivity contribution is 5.78. The fraction of sp³-hybridized carbons (Fsp3) is 0.438. The SMILES string of the molecule is Cc1oc(-c2ccco2)nc1CC(=O)NCCC(C)(C)C(=O)O. The molecule has 2 rings (SSSR count). The lowest BCUT2D eigenvalue weighted by Gasteiger charge is -2.18. The number of amides is 1. The van der Waals surface area contributed by atoms with Gasteiger partial charge in [-0.3, -0.25) is 9.59 Å². The van der Waals surface area contributed by atoms with Crippen LogP contribution in [0.4, 0.5) is 0 Å². The molecule has 2 aromatic rings. The summed E-state index contributed by atoms with van der Waals surface area (Å²) >= 11 is 0. The van der Waals surface area contributed by atoms with Crippen LogP contribution in [0.2, 0.25) is 0 Å². The molecule has 0 fully saturated rings. The lowest BCUT2D eigenvalue weighted by atomic mass is 9.90. The van der Waals surface area contributed by atoms with E-state index in [0.717, 1.165) is 0 Å². The van der Waals surface area contributed by atoms with Gasteiger partial charge in [-0.1, -0.05) is 0 Å². The van der Waals surface area contributed by atoms with Crippen LogP contribution in [0.3, 0.4) is 0 Å². The van der Waals surface area contributed by atoms with Crippen molar-refractivity contribution >= 4 is 11.9 Å². The zero-order chi connectivity index (χ0) is 17.0. The summed E-state index contributed by atoms with van der Waals surface area (Å²) in [6, 6.07) is 3.45. The number of aryl methyl sites for hydroxylation is 1. The predicted molar refractivity (Wildman–Crippen MR) is 81.7 cm³/mol. The molecule has 0 saturated heterocycles. The number of hydrogen-bond donors (Lipinski definition) is 2.